The van der Waals surface area contributed by atoms with E-state index in [9.17, 15) is 27.6 Å². The van der Waals surface area contributed by atoms with Crippen molar-refractivity contribution in [1.82, 2.24) is 9.78 Å². The lowest BCUT2D eigenvalue weighted by Crippen LogP contribution is -2.32. The topological polar surface area (TPSA) is 109 Å². The molecule has 1 aliphatic heterocycles. The Bertz CT molecular complexity index is 1900. The number of amidine groups is 1. The molecular formula is C34H33F3N6O4S. The Morgan fingerprint density at radius 3 is 2.33 bits per heavy atom. The van der Waals surface area contributed by atoms with Crippen LogP contribution in [-0.2, 0) is 11.8 Å². The van der Waals surface area contributed by atoms with Crippen LogP contribution in [0.15, 0.2) is 71.7 Å². The summed E-state index contributed by atoms with van der Waals surface area (Å²) in [4.78, 5) is 46.3. The van der Waals surface area contributed by atoms with Gasteiger partial charge in [-0.15, -0.1) is 13.2 Å². The van der Waals surface area contributed by atoms with Gasteiger partial charge in [0.2, 0.25) is 5.91 Å². The Morgan fingerprint density at radius 2 is 1.71 bits per heavy atom. The Kier molecular flexibility index (Phi) is 9.66. The lowest BCUT2D eigenvalue weighted by atomic mass is 9.99. The molecule has 1 aliphatic rings. The molecule has 1 fully saturated rings. The average molecular weight is 679 g/mol. The molecule has 3 aromatic carbocycles. The summed E-state index contributed by atoms with van der Waals surface area (Å²) in [6.07, 6.45) is -4.83. The molecule has 1 N–H and O–H groups in total. The van der Waals surface area contributed by atoms with E-state index in [4.69, 9.17) is 0 Å². The van der Waals surface area contributed by atoms with Crippen molar-refractivity contribution in [2.45, 2.75) is 40.0 Å². The molecule has 0 atom stereocenters. The highest BCUT2D eigenvalue weighted by Crippen LogP contribution is 2.35. The minimum absolute atomic E-state index is 0.134. The number of anilines is 3. The van der Waals surface area contributed by atoms with Crippen molar-refractivity contribution in [3.8, 4) is 17.0 Å². The molecule has 1 saturated heterocycles. The molecule has 0 unspecified atom stereocenters. The number of carbonyl (C=O) groups is 3. The Morgan fingerprint density at radius 1 is 1.04 bits per heavy atom. The average Bonchev–Trinajstić information content (AvgIpc) is 3.53. The summed E-state index contributed by atoms with van der Waals surface area (Å²) < 4.78 is 42.7. The summed E-state index contributed by atoms with van der Waals surface area (Å²) in [5.74, 6) is -0.355. The van der Waals surface area contributed by atoms with Crippen LogP contribution in [0, 0.1) is 13.8 Å². The number of nitrogens with zero attached hydrogens (tertiary/aromatic N) is 5. The normalized spacial score (nSPS) is 14.2. The second-order valence-electron chi connectivity index (χ2n) is 11.5. The van der Waals surface area contributed by atoms with Gasteiger partial charge in [-0.2, -0.15) is 10.1 Å². The maximum Gasteiger partial charge on any atom is 0.573 e. The minimum Gasteiger partial charge on any atom is -0.406 e. The quantitative estimate of drug-likeness (QED) is 0.215. The van der Waals surface area contributed by atoms with Gasteiger partial charge in [0.15, 0.2) is 5.17 Å². The van der Waals surface area contributed by atoms with Crippen LogP contribution in [0.2, 0.25) is 0 Å². The molecule has 0 bridgehead atoms. The van der Waals surface area contributed by atoms with Crippen molar-refractivity contribution in [1.29, 1.82) is 0 Å². The molecule has 0 spiro atoms. The number of amides is 4. The molecule has 4 amide bonds. The molecule has 10 nitrogen and oxygen atoms in total. The molecule has 4 aromatic rings. The van der Waals surface area contributed by atoms with Gasteiger partial charge in [0.05, 0.1) is 17.1 Å². The van der Waals surface area contributed by atoms with Gasteiger partial charge in [0.1, 0.15) is 11.6 Å². The number of carbonyl (C=O) groups excluding carboxylic acids is 3. The molecule has 1 aromatic heterocycles. The van der Waals surface area contributed by atoms with Crippen LogP contribution in [0.1, 0.15) is 46.8 Å². The maximum atomic E-state index is 13.3. The highest BCUT2D eigenvalue weighted by atomic mass is 32.2. The third kappa shape index (κ3) is 7.38. The monoisotopic (exact) mass is 678 g/mol. The number of ether oxygens (including phenoxy) is 1. The van der Waals surface area contributed by atoms with Crippen molar-refractivity contribution in [2.75, 3.05) is 27.9 Å². The number of nitrogens with one attached hydrogen (secondary N) is 1. The number of urea groups is 1. The van der Waals surface area contributed by atoms with Crippen molar-refractivity contribution >= 4 is 52.0 Å². The predicted octanol–water partition coefficient (Wildman–Crippen LogP) is 7.67. The van der Waals surface area contributed by atoms with E-state index >= 15 is 0 Å². The molecule has 0 saturated carbocycles. The molecule has 2 heterocycles. The molecule has 0 aliphatic carbocycles. The van der Waals surface area contributed by atoms with Gasteiger partial charge in [-0.05, 0) is 73.4 Å². The number of rotatable bonds is 7. The first kappa shape index (κ1) is 34.2. The fraction of sp³-hybridized carbons (Fsp3) is 0.265. The zero-order valence-electron chi connectivity index (χ0n) is 27.0. The van der Waals surface area contributed by atoms with E-state index in [0.29, 0.717) is 27.9 Å². The third-order valence-corrected chi connectivity index (χ3v) is 8.61. The summed E-state index contributed by atoms with van der Waals surface area (Å²) >= 11 is 1.22. The first-order chi connectivity index (χ1) is 22.6. The van der Waals surface area contributed by atoms with E-state index in [1.807, 2.05) is 39.0 Å². The number of halogens is 3. The van der Waals surface area contributed by atoms with Gasteiger partial charge in [0.25, 0.3) is 5.91 Å². The van der Waals surface area contributed by atoms with Gasteiger partial charge in [-0.1, -0.05) is 49.9 Å². The van der Waals surface area contributed by atoms with E-state index in [0.717, 1.165) is 34.5 Å². The van der Waals surface area contributed by atoms with Crippen molar-refractivity contribution < 1.29 is 32.3 Å². The van der Waals surface area contributed by atoms with E-state index in [1.54, 1.807) is 45.3 Å². The van der Waals surface area contributed by atoms with Crippen molar-refractivity contribution in [3.63, 3.8) is 0 Å². The maximum absolute atomic E-state index is 13.3. The molecular weight excluding hydrogens is 645 g/mol. The number of aromatic nitrogens is 2. The summed E-state index contributed by atoms with van der Waals surface area (Å²) in [5.41, 5.74) is 5.37. The second kappa shape index (κ2) is 13.6. The van der Waals surface area contributed by atoms with Crippen LogP contribution in [-0.4, -0.2) is 52.0 Å². The molecule has 0 radical (unpaired) electrons. The van der Waals surface area contributed by atoms with Crippen LogP contribution in [0.25, 0.3) is 11.3 Å². The fourth-order valence-corrected chi connectivity index (χ4v) is 6.05. The summed E-state index contributed by atoms with van der Waals surface area (Å²) in [5, 5.41) is 7.63. The third-order valence-electron chi connectivity index (χ3n) is 7.69. The summed E-state index contributed by atoms with van der Waals surface area (Å²) in [6, 6.07) is 17.0. The first-order valence-corrected chi connectivity index (χ1v) is 15.9. The molecule has 250 valence electrons. The molecule has 5 rings (SSSR count). The van der Waals surface area contributed by atoms with Crippen LogP contribution in [0.3, 0.4) is 0 Å². The highest BCUT2D eigenvalue weighted by Gasteiger charge is 2.33. The predicted molar refractivity (Wildman–Crippen MR) is 181 cm³/mol. The van der Waals surface area contributed by atoms with E-state index in [-0.39, 0.29) is 23.1 Å². The van der Waals surface area contributed by atoms with Crippen molar-refractivity contribution in [2.24, 2.45) is 12.0 Å². The lowest BCUT2D eigenvalue weighted by molar-refractivity contribution is -0.274. The number of hydrogen-bond acceptors (Lipinski definition) is 6. The number of alkyl halides is 3. The van der Waals surface area contributed by atoms with Gasteiger partial charge in [-0.25, -0.2) is 4.79 Å². The Hall–Kier alpha value is -5.11. The van der Waals surface area contributed by atoms with E-state index < -0.39 is 24.1 Å². The number of thioether (sulfide) groups is 1. The zero-order valence-corrected chi connectivity index (χ0v) is 27.9. The standard InChI is InChI=1S/C34H33F3N6O4S/c1-19(2)26-16-7-20(3)17-27(26)43-28(44)18-48-33(43)39-32(46)41(5)24-12-8-22(9-13-24)29-21(4)30(42(6)40-29)38-31(45)23-10-14-25(15-11-23)47-34(35,36)37/h7-17,19H,18H2,1-6H3,(H,38,45)/b39-33-. The SMILES string of the molecule is Cc1ccc(C(C)C)c(N2C(=O)CS/C2=N\C(=O)N(C)c2ccc(-c3nn(C)c(NC(=O)c4ccc(OC(F)(F)F)cc4)c3C)cc2)c1. The van der Waals surface area contributed by atoms with E-state index in [1.165, 1.54) is 38.4 Å². The van der Waals surface area contributed by atoms with Gasteiger partial charge in [0, 0.05) is 36.5 Å². The fourth-order valence-electron chi connectivity index (χ4n) is 5.19. The minimum atomic E-state index is -4.83. The van der Waals surface area contributed by atoms with Gasteiger partial charge >= 0.3 is 12.4 Å². The summed E-state index contributed by atoms with van der Waals surface area (Å²) in [7, 11) is 3.25. The van der Waals surface area contributed by atoms with Gasteiger partial charge in [-0.3, -0.25) is 24.1 Å². The van der Waals surface area contributed by atoms with E-state index in [2.05, 4.69) is 20.1 Å². The second-order valence-corrected chi connectivity index (χ2v) is 12.4. The number of benzene rings is 3. The van der Waals surface area contributed by atoms with Crippen LogP contribution >= 0.6 is 11.8 Å². The van der Waals surface area contributed by atoms with Crippen molar-refractivity contribution in [3.05, 3.63) is 89.0 Å². The Balaban J connectivity index is 1.31. The van der Waals surface area contributed by atoms with Crippen LogP contribution in [0.4, 0.5) is 35.2 Å². The van der Waals surface area contributed by atoms with Crippen LogP contribution < -0.4 is 19.9 Å². The van der Waals surface area contributed by atoms with Gasteiger partial charge < -0.3 is 10.1 Å². The number of hydrogen-bond donors (Lipinski definition) is 1. The number of aliphatic imine (C=N–C) groups is 1. The smallest absolute Gasteiger partial charge is 0.406 e. The van der Waals surface area contributed by atoms with Crippen LogP contribution in [0.5, 0.6) is 5.75 Å². The largest absolute Gasteiger partial charge is 0.573 e. The highest BCUT2D eigenvalue weighted by molar-refractivity contribution is 8.15. The number of aryl methyl sites for hydroxylation is 2. The zero-order chi connectivity index (χ0) is 34.9. The summed E-state index contributed by atoms with van der Waals surface area (Å²) in [6.45, 7) is 7.83. The Labute approximate surface area is 279 Å². The molecule has 48 heavy (non-hydrogen) atoms. The first-order valence-electron chi connectivity index (χ1n) is 14.9. The molecule has 14 heteroatoms. The lowest BCUT2D eigenvalue weighted by Gasteiger charge is -2.23.